The zero-order valence-corrected chi connectivity index (χ0v) is 13.4. The molecule has 20 heavy (non-hydrogen) atoms. The van der Waals surface area contributed by atoms with Crippen molar-refractivity contribution in [1.82, 2.24) is 10.2 Å². The largest absolute Gasteiger partial charge is 0.362 e. The lowest BCUT2D eigenvalue weighted by Gasteiger charge is -2.36. The summed E-state index contributed by atoms with van der Waals surface area (Å²) in [6, 6.07) is -0.0352. The molecule has 0 bridgehead atoms. The van der Waals surface area contributed by atoms with Crippen LogP contribution in [0.4, 0.5) is 0 Å². The van der Waals surface area contributed by atoms with Crippen LogP contribution >= 0.6 is 11.8 Å². The molecule has 2 heterocycles. The molecule has 112 valence electrons. The number of carbonyl (C=O) groups excluding carboxylic acids is 2. The maximum absolute atomic E-state index is 12.0. The van der Waals surface area contributed by atoms with Crippen LogP contribution in [0.2, 0.25) is 0 Å². The van der Waals surface area contributed by atoms with Gasteiger partial charge in [-0.3, -0.25) is 14.5 Å². The van der Waals surface area contributed by atoms with Gasteiger partial charge in [0.15, 0.2) is 5.17 Å². The van der Waals surface area contributed by atoms with Gasteiger partial charge in [0.05, 0.1) is 0 Å². The Morgan fingerprint density at radius 1 is 1.30 bits per heavy atom. The van der Waals surface area contributed by atoms with Crippen molar-refractivity contribution >= 4 is 28.7 Å². The number of carbonyl (C=O) groups is 2. The van der Waals surface area contributed by atoms with E-state index in [1.807, 2.05) is 0 Å². The molecule has 2 saturated heterocycles. The predicted molar refractivity (Wildman–Crippen MR) is 81.7 cm³/mol. The molecule has 2 amide bonds. The van der Waals surface area contributed by atoms with E-state index in [2.05, 4.69) is 31.1 Å². The van der Waals surface area contributed by atoms with Gasteiger partial charge in [-0.15, -0.1) is 0 Å². The minimum absolute atomic E-state index is 0.108. The van der Waals surface area contributed by atoms with E-state index in [4.69, 9.17) is 0 Å². The standard InChI is InChI=1S/C14H23N3O2S/c1-14(2,3)10-7-8-20-13(16-10)15-9-5-6-11(18)17(4)12(9)19/h9-10H,5-8H2,1-4H3,(H,15,16). The molecule has 5 nitrogen and oxygen atoms in total. The van der Waals surface area contributed by atoms with Crippen LogP contribution in [0.3, 0.4) is 0 Å². The number of piperidine rings is 1. The van der Waals surface area contributed by atoms with Crippen LogP contribution < -0.4 is 5.32 Å². The lowest BCUT2D eigenvalue weighted by atomic mass is 9.85. The van der Waals surface area contributed by atoms with E-state index in [9.17, 15) is 9.59 Å². The summed E-state index contributed by atoms with van der Waals surface area (Å²) >= 11 is 1.66. The number of nitrogens with zero attached hydrogens (tertiary/aromatic N) is 2. The normalized spacial score (nSPS) is 30.6. The smallest absolute Gasteiger partial charge is 0.253 e. The molecule has 0 aromatic carbocycles. The summed E-state index contributed by atoms with van der Waals surface area (Å²) in [6.45, 7) is 6.61. The van der Waals surface area contributed by atoms with Crippen molar-refractivity contribution in [1.29, 1.82) is 0 Å². The Balaban J connectivity index is 2.07. The van der Waals surface area contributed by atoms with Crippen molar-refractivity contribution in [2.45, 2.75) is 52.1 Å². The first kappa shape index (κ1) is 15.4. The third-order valence-corrected chi connectivity index (χ3v) is 4.82. The van der Waals surface area contributed by atoms with E-state index in [1.165, 1.54) is 11.9 Å². The Hall–Kier alpha value is -1.04. The Bertz CT molecular complexity index is 442. The zero-order valence-electron chi connectivity index (χ0n) is 12.6. The molecule has 0 aromatic heterocycles. The molecule has 0 spiro atoms. The molecule has 2 unspecified atom stereocenters. The Kier molecular flexibility index (Phi) is 4.42. The Labute approximate surface area is 124 Å². The maximum atomic E-state index is 12.0. The van der Waals surface area contributed by atoms with Gasteiger partial charge in [-0.25, -0.2) is 4.99 Å². The van der Waals surface area contributed by atoms with Crippen molar-refractivity contribution in [3.63, 3.8) is 0 Å². The first-order chi connectivity index (χ1) is 9.29. The van der Waals surface area contributed by atoms with E-state index in [0.29, 0.717) is 18.9 Å². The second kappa shape index (κ2) is 5.76. The van der Waals surface area contributed by atoms with Gasteiger partial charge in [-0.2, -0.15) is 0 Å². The summed E-state index contributed by atoms with van der Waals surface area (Å²) in [5.41, 5.74) is 0.172. The van der Waals surface area contributed by atoms with E-state index >= 15 is 0 Å². The van der Waals surface area contributed by atoms with E-state index in [-0.39, 0.29) is 17.2 Å². The summed E-state index contributed by atoms with van der Waals surface area (Å²) in [5, 5.41) is 4.29. The van der Waals surface area contributed by atoms with Crippen molar-refractivity contribution in [3.05, 3.63) is 0 Å². The van der Waals surface area contributed by atoms with Crippen molar-refractivity contribution in [2.75, 3.05) is 12.8 Å². The molecule has 2 aliphatic heterocycles. The van der Waals surface area contributed by atoms with Gasteiger partial charge >= 0.3 is 0 Å². The number of likely N-dealkylation sites (tertiary alicyclic amines) is 1. The van der Waals surface area contributed by atoms with Crippen LogP contribution in [0, 0.1) is 5.41 Å². The van der Waals surface area contributed by atoms with Gasteiger partial charge in [-0.05, 0) is 18.3 Å². The fraction of sp³-hybridized carbons (Fsp3) is 0.786. The third-order valence-electron chi connectivity index (χ3n) is 3.88. The molecule has 2 rings (SSSR count). The molecular weight excluding hydrogens is 274 g/mol. The van der Waals surface area contributed by atoms with Crippen LogP contribution in [0.1, 0.15) is 40.0 Å². The topological polar surface area (TPSA) is 61.8 Å². The molecule has 0 aliphatic carbocycles. The quantitative estimate of drug-likeness (QED) is 0.747. The number of amides is 2. The second-order valence-corrected chi connectivity index (χ2v) is 7.56. The summed E-state index contributed by atoms with van der Waals surface area (Å²) < 4.78 is 0. The van der Waals surface area contributed by atoms with E-state index in [0.717, 1.165) is 17.3 Å². The van der Waals surface area contributed by atoms with Gasteiger partial charge < -0.3 is 5.32 Å². The Morgan fingerprint density at radius 3 is 2.65 bits per heavy atom. The number of likely N-dealkylation sites (N-methyl/N-ethyl adjacent to an activating group) is 1. The average Bonchev–Trinajstić information content (AvgIpc) is 2.39. The highest BCUT2D eigenvalue weighted by Gasteiger charge is 2.33. The van der Waals surface area contributed by atoms with Gasteiger partial charge in [0, 0.05) is 25.3 Å². The highest BCUT2D eigenvalue weighted by molar-refractivity contribution is 8.13. The zero-order chi connectivity index (χ0) is 14.9. The van der Waals surface area contributed by atoms with Gasteiger partial charge in [0.1, 0.15) is 6.04 Å². The first-order valence-corrected chi connectivity index (χ1v) is 8.05. The van der Waals surface area contributed by atoms with Crippen LogP contribution in [-0.4, -0.2) is 46.8 Å². The number of imide groups is 1. The summed E-state index contributed by atoms with van der Waals surface area (Å²) in [5.74, 6) is 0.723. The minimum Gasteiger partial charge on any atom is -0.362 e. The number of amidine groups is 1. The molecule has 2 fully saturated rings. The molecule has 2 aliphatic rings. The van der Waals surface area contributed by atoms with Crippen LogP contribution in [0.5, 0.6) is 0 Å². The number of nitrogens with one attached hydrogen (secondary N) is 1. The second-order valence-electron chi connectivity index (χ2n) is 6.48. The predicted octanol–water partition coefficient (Wildman–Crippen LogP) is 1.63. The molecule has 0 aromatic rings. The SMILES string of the molecule is CN1C(=O)CCC(N=C2NC(C(C)(C)C)CCS2)C1=O. The van der Waals surface area contributed by atoms with Gasteiger partial charge in [0.2, 0.25) is 5.91 Å². The third kappa shape index (κ3) is 3.34. The van der Waals surface area contributed by atoms with Crippen molar-refractivity contribution in [3.8, 4) is 0 Å². The van der Waals surface area contributed by atoms with Gasteiger partial charge in [0.25, 0.3) is 5.91 Å². The molecule has 0 radical (unpaired) electrons. The molecule has 2 atom stereocenters. The molecule has 6 heteroatoms. The monoisotopic (exact) mass is 297 g/mol. The number of thioether (sulfide) groups is 1. The van der Waals surface area contributed by atoms with Crippen molar-refractivity contribution < 1.29 is 9.59 Å². The highest BCUT2D eigenvalue weighted by Crippen LogP contribution is 2.28. The lowest BCUT2D eigenvalue weighted by Crippen LogP contribution is -2.48. The van der Waals surface area contributed by atoms with Crippen LogP contribution in [0.25, 0.3) is 0 Å². The number of rotatable bonds is 1. The summed E-state index contributed by atoms with van der Waals surface area (Å²) in [7, 11) is 1.54. The fourth-order valence-corrected chi connectivity index (χ4v) is 3.39. The number of hydrogen-bond donors (Lipinski definition) is 1. The Morgan fingerprint density at radius 2 is 2.00 bits per heavy atom. The van der Waals surface area contributed by atoms with Crippen LogP contribution in [0.15, 0.2) is 4.99 Å². The molecule has 1 N–H and O–H groups in total. The maximum Gasteiger partial charge on any atom is 0.253 e. The number of aliphatic imine (C=N–C) groups is 1. The fourth-order valence-electron chi connectivity index (χ4n) is 2.42. The molecule has 0 saturated carbocycles. The van der Waals surface area contributed by atoms with E-state index in [1.54, 1.807) is 11.8 Å². The van der Waals surface area contributed by atoms with Gasteiger partial charge in [-0.1, -0.05) is 32.5 Å². The van der Waals surface area contributed by atoms with Crippen LogP contribution in [-0.2, 0) is 9.59 Å². The summed E-state index contributed by atoms with van der Waals surface area (Å²) in [4.78, 5) is 29.3. The summed E-state index contributed by atoms with van der Waals surface area (Å²) in [6.07, 6.45) is 2.02. The first-order valence-electron chi connectivity index (χ1n) is 7.06. The number of hydrogen-bond acceptors (Lipinski definition) is 4. The van der Waals surface area contributed by atoms with E-state index < -0.39 is 6.04 Å². The molecular formula is C14H23N3O2S. The highest BCUT2D eigenvalue weighted by atomic mass is 32.2. The minimum atomic E-state index is -0.411. The average molecular weight is 297 g/mol. The lowest BCUT2D eigenvalue weighted by molar-refractivity contribution is -0.147. The van der Waals surface area contributed by atoms with Crippen molar-refractivity contribution in [2.24, 2.45) is 10.4 Å².